The Morgan fingerprint density at radius 2 is 2.11 bits per heavy atom. The number of halogens is 2. The lowest BCUT2D eigenvalue weighted by Crippen LogP contribution is -2.38. The standard InChI is InChI=1S/C13H17ClFN3/c14-11-3-1-2-10(12(11)15)8-18-6-4-9(5-7-18)13(16)17/h1-3,9H,4-8H2,(H3,16,17). The first-order valence-corrected chi connectivity index (χ1v) is 6.45. The Labute approximate surface area is 111 Å². The highest BCUT2D eigenvalue weighted by Gasteiger charge is 2.21. The van der Waals surface area contributed by atoms with E-state index < -0.39 is 0 Å². The predicted molar refractivity (Wildman–Crippen MR) is 71.3 cm³/mol. The van der Waals surface area contributed by atoms with Gasteiger partial charge in [-0.25, -0.2) is 4.39 Å². The first kappa shape index (κ1) is 13.3. The van der Waals surface area contributed by atoms with Crippen LogP contribution in [-0.2, 0) is 6.54 Å². The van der Waals surface area contributed by atoms with E-state index in [0.717, 1.165) is 25.9 Å². The average molecular weight is 270 g/mol. The van der Waals surface area contributed by atoms with Gasteiger partial charge in [0.15, 0.2) is 0 Å². The normalized spacial score (nSPS) is 17.9. The molecule has 0 aromatic heterocycles. The van der Waals surface area contributed by atoms with Crippen molar-refractivity contribution in [2.45, 2.75) is 19.4 Å². The molecule has 0 atom stereocenters. The zero-order chi connectivity index (χ0) is 13.1. The number of hydrogen-bond acceptors (Lipinski definition) is 2. The maximum Gasteiger partial charge on any atom is 0.146 e. The number of nitrogens with zero attached hydrogens (tertiary/aromatic N) is 1. The number of amidine groups is 1. The van der Waals surface area contributed by atoms with Crippen LogP contribution in [0, 0.1) is 17.1 Å². The molecular formula is C13H17ClFN3. The summed E-state index contributed by atoms with van der Waals surface area (Å²) in [6.07, 6.45) is 1.75. The molecule has 1 aromatic rings. The van der Waals surface area contributed by atoms with Crippen molar-refractivity contribution in [1.29, 1.82) is 5.41 Å². The quantitative estimate of drug-likeness (QED) is 0.655. The molecule has 1 aliphatic heterocycles. The van der Waals surface area contributed by atoms with E-state index in [4.69, 9.17) is 22.7 Å². The molecule has 98 valence electrons. The monoisotopic (exact) mass is 269 g/mol. The van der Waals surface area contributed by atoms with Crippen LogP contribution < -0.4 is 5.73 Å². The van der Waals surface area contributed by atoms with Gasteiger partial charge >= 0.3 is 0 Å². The zero-order valence-electron chi connectivity index (χ0n) is 10.1. The van der Waals surface area contributed by atoms with Crippen molar-refractivity contribution in [2.24, 2.45) is 11.7 Å². The van der Waals surface area contributed by atoms with Crippen LogP contribution in [0.4, 0.5) is 4.39 Å². The fourth-order valence-corrected chi connectivity index (χ4v) is 2.51. The van der Waals surface area contributed by atoms with E-state index in [-0.39, 0.29) is 22.6 Å². The molecule has 0 saturated carbocycles. The summed E-state index contributed by atoms with van der Waals surface area (Å²) in [6.45, 7) is 2.25. The van der Waals surface area contributed by atoms with E-state index in [0.29, 0.717) is 12.1 Å². The van der Waals surface area contributed by atoms with Crippen LogP contribution in [0.2, 0.25) is 5.02 Å². The van der Waals surface area contributed by atoms with Crippen molar-refractivity contribution in [3.63, 3.8) is 0 Å². The maximum atomic E-state index is 13.7. The second kappa shape index (κ2) is 5.67. The Morgan fingerprint density at radius 1 is 1.44 bits per heavy atom. The molecule has 18 heavy (non-hydrogen) atoms. The highest BCUT2D eigenvalue weighted by atomic mass is 35.5. The summed E-state index contributed by atoms with van der Waals surface area (Å²) in [5.41, 5.74) is 6.12. The van der Waals surface area contributed by atoms with Gasteiger partial charge in [-0.15, -0.1) is 0 Å². The van der Waals surface area contributed by atoms with Gasteiger partial charge in [0.25, 0.3) is 0 Å². The van der Waals surface area contributed by atoms with Crippen molar-refractivity contribution < 1.29 is 4.39 Å². The number of nitrogens with two attached hydrogens (primary N) is 1. The summed E-state index contributed by atoms with van der Waals surface area (Å²) in [4.78, 5) is 2.17. The molecule has 0 bridgehead atoms. The molecule has 2 rings (SSSR count). The summed E-state index contributed by atoms with van der Waals surface area (Å²) in [6, 6.07) is 5.09. The molecule has 1 saturated heterocycles. The Balaban J connectivity index is 1.96. The van der Waals surface area contributed by atoms with Crippen LogP contribution >= 0.6 is 11.6 Å². The maximum absolute atomic E-state index is 13.7. The predicted octanol–water partition coefficient (Wildman–Crippen LogP) is 2.63. The minimum Gasteiger partial charge on any atom is -0.387 e. The summed E-state index contributed by atoms with van der Waals surface area (Å²) < 4.78 is 13.7. The molecule has 0 aliphatic carbocycles. The first-order valence-electron chi connectivity index (χ1n) is 6.07. The number of rotatable bonds is 3. The van der Waals surface area contributed by atoms with Crippen LogP contribution in [0.15, 0.2) is 18.2 Å². The SMILES string of the molecule is N=C(N)C1CCN(Cc2cccc(Cl)c2F)CC1. The zero-order valence-corrected chi connectivity index (χ0v) is 10.9. The van der Waals surface area contributed by atoms with Crippen LogP contribution in [0.5, 0.6) is 0 Å². The van der Waals surface area contributed by atoms with Gasteiger partial charge in [0.1, 0.15) is 5.82 Å². The summed E-state index contributed by atoms with van der Waals surface area (Å²) >= 11 is 5.76. The van der Waals surface area contributed by atoms with Crippen molar-refractivity contribution in [2.75, 3.05) is 13.1 Å². The molecule has 1 aromatic carbocycles. The van der Waals surface area contributed by atoms with E-state index >= 15 is 0 Å². The molecule has 3 N–H and O–H groups in total. The van der Waals surface area contributed by atoms with E-state index in [1.807, 2.05) is 0 Å². The smallest absolute Gasteiger partial charge is 0.146 e. The van der Waals surface area contributed by atoms with Crippen molar-refractivity contribution in [1.82, 2.24) is 4.90 Å². The van der Waals surface area contributed by atoms with Crippen LogP contribution in [0.25, 0.3) is 0 Å². The summed E-state index contributed by atoms with van der Waals surface area (Å²) in [5.74, 6) is 0.127. The fraction of sp³-hybridized carbons (Fsp3) is 0.462. The molecule has 1 heterocycles. The average Bonchev–Trinajstić information content (AvgIpc) is 2.36. The first-order chi connectivity index (χ1) is 8.58. The highest BCUT2D eigenvalue weighted by molar-refractivity contribution is 6.30. The third-order valence-corrected chi connectivity index (χ3v) is 3.74. The molecule has 0 amide bonds. The Hall–Kier alpha value is -1.13. The van der Waals surface area contributed by atoms with Gasteiger partial charge < -0.3 is 5.73 Å². The lowest BCUT2D eigenvalue weighted by Gasteiger charge is -2.31. The van der Waals surface area contributed by atoms with Crippen LogP contribution in [0.1, 0.15) is 18.4 Å². The second-order valence-electron chi connectivity index (χ2n) is 4.72. The van der Waals surface area contributed by atoms with Gasteiger partial charge in [0, 0.05) is 18.0 Å². The minimum atomic E-state index is -0.326. The highest BCUT2D eigenvalue weighted by Crippen LogP contribution is 2.22. The molecule has 0 radical (unpaired) electrons. The Morgan fingerprint density at radius 3 is 2.72 bits per heavy atom. The molecule has 0 unspecified atom stereocenters. The van der Waals surface area contributed by atoms with Gasteiger partial charge in [-0.2, -0.15) is 0 Å². The van der Waals surface area contributed by atoms with Gasteiger partial charge in [0.05, 0.1) is 10.9 Å². The van der Waals surface area contributed by atoms with E-state index in [1.54, 1.807) is 18.2 Å². The summed E-state index contributed by atoms with van der Waals surface area (Å²) in [7, 11) is 0. The number of benzene rings is 1. The molecule has 0 spiro atoms. The molecule has 1 fully saturated rings. The fourth-order valence-electron chi connectivity index (χ4n) is 2.31. The Kier molecular flexibility index (Phi) is 4.19. The van der Waals surface area contributed by atoms with Crippen LogP contribution in [-0.4, -0.2) is 23.8 Å². The number of likely N-dealkylation sites (tertiary alicyclic amines) is 1. The summed E-state index contributed by atoms with van der Waals surface area (Å²) in [5, 5.41) is 7.59. The van der Waals surface area contributed by atoms with Crippen molar-refractivity contribution >= 4 is 17.4 Å². The number of hydrogen-bond donors (Lipinski definition) is 2. The lowest BCUT2D eigenvalue weighted by molar-refractivity contribution is 0.199. The largest absolute Gasteiger partial charge is 0.387 e. The van der Waals surface area contributed by atoms with E-state index in [9.17, 15) is 4.39 Å². The molecule has 1 aliphatic rings. The number of nitrogens with one attached hydrogen (secondary N) is 1. The van der Waals surface area contributed by atoms with Gasteiger partial charge in [-0.05, 0) is 32.0 Å². The molecule has 3 nitrogen and oxygen atoms in total. The van der Waals surface area contributed by atoms with E-state index in [2.05, 4.69) is 4.90 Å². The van der Waals surface area contributed by atoms with Gasteiger partial charge in [0.2, 0.25) is 0 Å². The van der Waals surface area contributed by atoms with Gasteiger partial charge in [-0.1, -0.05) is 23.7 Å². The van der Waals surface area contributed by atoms with Gasteiger partial charge in [-0.3, -0.25) is 10.3 Å². The van der Waals surface area contributed by atoms with E-state index in [1.165, 1.54) is 0 Å². The third kappa shape index (κ3) is 3.00. The number of piperidine rings is 1. The third-order valence-electron chi connectivity index (χ3n) is 3.45. The van der Waals surface area contributed by atoms with Crippen LogP contribution in [0.3, 0.4) is 0 Å². The van der Waals surface area contributed by atoms with Crippen molar-refractivity contribution in [3.8, 4) is 0 Å². The topological polar surface area (TPSA) is 53.1 Å². The van der Waals surface area contributed by atoms with Crippen molar-refractivity contribution in [3.05, 3.63) is 34.6 Å². The lowest BCUT2D eigenvalue weighted by atomic mass is 9.95. The molecule has 5 heteroatoms. The Bertz CT molecular complexity index is 442. The minimum absolute atomic E-state index is 0.172. The second-order valence-corrected chi connectivity index (χ2v) is 5.13. The molecular weight excluding hydrogens is 253 g/mol.